The van der Waals surface area contributed by atoms with E-state index in [1.165, 1.54) is 19.2 Å². The Morgan fingerprint density at radius 3 is 2.57 bits per heavy atom. The molecule has 146 valence electrons. The minimum absolute atomic E-state index is 0.136. The Morgan fingerprint density at radius 2 is 1.93 bits per heavy atom. The van der Waals surface area contributed by atoms with Crippen LogP contribution < -0.4 is 9.47 Å². The summed E-state index contributed by atoms with van der Waals surface area (Å²) in [6, 6.07) is 13.3. The molecule has 1 heterocycles. The van der Waals surface area contributed by atoms with Gasteiger partial charge in [0.1, 0.15) is 6.61 Å². The molecule has 0 radical (unpaired) electrons. The molecule has 0 aliphatic carbocycles. The molecule has 0 bridgehead atoms. The zero-order valence-corrected chi connectivity index (χ0v) is 15.0. The number of methoxy groups -OCH3 is 1. The van der Waals surface area contributed by atoms with Crippen molar-refractivity contribution in [3.63, 3.8) is 0 Å². The highest BCUT2D eigenvalue weighted by atomic mass is 19.3. The molecule has 0 saturated carbocycles. The Bertz CT molecular complexity index is 912. The highest BCUT2D eigenvalue weighted by Crippen LogP contribution is 2.33. The molecular weight excluding hydrogens is 370 g/mol. The fraction of sp³-hybridized carbons (Fsp3) is 0.200. The molecule has 0 spiro atoms. The van der Waals surface area contributed by atoms with E-state index >= 15 is 0 Å². The maximum absolute atomic E-state index is 12.7. The molecular formula is C20H18F2N2O4. The molecule has 0 fully saturated rings. The van der Waals surface area contributed by atoms with Gasteiger partial charge in [-0.1, -0.05) is 24.3 Å². The maximum Gasteiger partial charge on any atom is 0.387 e. The van der Waals surface area contributed by atoms with Crippen LogP contribution in [0.4, 0.5) is 8.78 Å². The van der Waals surface area contributed by atoms with Crippen LogP contribution in [0.1, 0.15) is 21.5 Å². The van der Waals surface area contributed by atoms with Crippen LogP contribution in [0.2, 0.25) is 0 Å². The number of esters is 1. The van der Waals surface area contributed by atoms with E-state index in [1.54, 1.807) is 41.2 Å². The molecule has 0 aliphatic rings. The van der Waals surface area contributed by atoms with Crippen molar-refractivity contribution in [1.29, 1.82) is 0 Å². The normalized spacial score (nSPS) is 10.7. The van der Waals surface area contributed by atoms with E-state index in [-0.39, 0.29) is 23.7 Å². The van der Waals surface area contributed by atoms with Gasteiger partial charge in [-0.15, -0.1) is 0 Å². The van der Waals surface area contributed by atoms with E-state index in [9.17, 15) is 13.6 Å². The molecule has 8 heteroatoms. The Labute approximate surface area is 160 Å². The largest absolute Gasteiger partial charge is 0.493 e. The summed E-state index contributed by atoms with van der Waals surface area (Å²) in [7, 11) is 1.34. The number of alkyl halides is 2. The van der Waals surface area contributed by atoms with Gasteiger partial charge in [-0.05, 0) is 29.8 Å². The number of benzene rings is 2. The zero-order valence-electron chi connectivity index (χ0n) is 15.0. The van der Waals surface area contributed by atoms with Gasteiger partial charge in [-0.2, -0.15) is 13.9 Å². The number of ether oxygens (including phenoxy) is 3. The molecule has 1 aromatic heterocycles. The lowest BCUT2D eigenvalue weighted by molar-refractivity contribution is -0.0524. The van der Waals surface area contributed by atoms with Crippen LogP contribution in [0.25, 0.3) is 0 Å². The Morgan fingerprint density at radius 1 is 1.14 bits per heavy atom. The third-order valence-electron chi connectivity index (χ3n) is 3.94. The molecule has 6 nitrogen and oxygen atoms in total. The van der Waals surface area contributed by atoms with E-state index in [2.05, 4.69) is 9.84 Å². The summed E-state index contributed by atoms with van der Waals surface area (Å²) >= 11 is 0. The molecule has 28 heavy (non-hydrogen) atoms. The van der Waals surface area contributed by atoms with Gasteiger partial charge in [0.15, 0.2) is 11.5 Å². The predicted molar refractivity (Wildman–Crippen MR) is 96.5 cm³/mol. The first-order valence-corrected chi connectivity index (χ1v) is 8.41. The molecule has 3 rings (SSSR count). The zero-order chi connectivity index (χ0) is 19.9. The highest BCUT2D eigenvalue weighted by molar-refractivity contribution is 5.89. The Kier molecular flexibility index (Phi) is 6.21. The smallest absolute Gasteiger partial charge is 0.387 e. The van der Waals surface area contributed by atoms with Crippen LogP contribution in [-0.4, -0.2) is 29.5 Å². The Balaban J connectivity index is 1.65. The van der Waals surface area contributed by atoms with Crippen LogP contribution in [0.5, 0.6) is 11.5 Å². The number of aromatic nitrogens is 2. The second kappa shape index (κ2) is 8.98. The first-order chi connectivity index (χ1) is 13.6. The molecule has 0 aliphatic heterocycles. The molecule has 2 aromatic carbocycles. The van der Waals surface area contributed by atoms with Gasteiger partial charge < -0.3 is 14.2 Å². The van der Waals surface area contributed by atoms with Gasteiger partial charge in [0.25, 0.3) is 0 Å². The lowest BCUT2D eigenvalue weighted by Gasteiger charge is -2.14. The third-order valence-corrected chi connectivity index (χ3v) is 3.94. The summed E-state index contributed by atoms with van der Waals surface area (Å²) in [6.07, 6.45) is 3.53. The fourth-order valence-corrected chi connectivity index (χ4v) is 2.61. The van der Waals surface area contributed by atoms with Gasteiger partial charge in [-0.3, -0.25) is 4.68 Å². The van der Waals surface area contributed by atoms with Gasteiger partial charge in [0, 0.05) is 18.0 Å². The quantitative estimate of drug-likeness (QED) is 0.548. The first-order valence-electron chi connectivity index (χ1n) is 8.41. The van der Waals surface area contributed by atoms with Crippen LogP contribution in [0.15, 0.2) is 60.9 Å². The second-order valence-electron chi connectivity index (χ2n) is 5.80. The Hall–Kier alpha value is -3.42. The highest BCUT2D eigenvalue weighted by Gasteiger charge is 2.17. The van der Waals surface area contributed by atoms with Crippen LogP contribution in [0.3, 0.4) is 0 Å². The summed E-state index contributed by atoms with van der Waals surface area (Å²) in [5.41, 5.74) is 1.60. The number of halogens is 2. The molecule has 0 N–H and O–H groups in total. The summed E-state index contributed by atoms with van der Waals surface area (Å²) in [5.74, 6) is -0.587. The summed E-state index contributed by atoms with van der Waals surface area (Å²) in [5, 5.41) is 4.12. The fourth-order valence-electron chi connectivity index (χ4n) is 2.61. The number of para-hydroxylation sites is 1. The van der Waals surface area contributed by atoms with E-state index in [1.807, 2.05) is 12.3 Å². The van der Waals surface area contributed by atoms with Crippen LogP contribution in [0, 0.1) is 0 Å². The number of rotatable bonds is 8. The van der Waals surface area contributed by atoms with Crippen molar-refractivity contribution in [3.8, 4) is 11.5 Å². The first kappa shape index (κ1) is 19.3. The average molecular weight is 388 g/mol. The monoisotopic (exact) mass is 388 g/mol. The average Bonchev–Trinajstić information content (AvgIpc) is 3.20. The van der Waals surface area contributed by atoms with E-state index in [0.29, 0.717) is 12.1 Å². The number of carbonyl (C=O) groups excluding carboxylic acids is 1. The lowest BCUT2D eigenvalue weighted by atomic mass is 10.1. The van der Waals surface area contributed by atoms with Crippen LogP contribution in [-0.2, 0) is 17.9 Å². The number of nitrogens with zero attached hydrogens (tertiary/aromatic N) is 2. The summed E-state index contributed by atoms with van der Waals surface area (Å²) in [6.45, 7) is -2.67. The number of carbonyl (C=O) groups is 1. The molecule has 0 amide bonds. The van der Waals surface area contributed by atoms with Gasteiger partial charge in [0.05, 0.1) is 19.2 Å². The SMILES string of the molecule is COc1cccc(COC(=O)c2ccc(Cn3cccn3)cc2)c1OC(F)F. The molecule has 3 aromatic rings. The topological polar surface area (TPSA) is 62.6 Å². The lowest BCUT2D eigenvalue weighted by Crippen LogP contribution is -2.09. The standard InChI is InChI=1S/C20H18F2N2O4/c1-26-17-5-2-4-16(18(17)28-20(21)22)13-27-19(25)15-8-6-14(7-9-15)12-24-11-3-10-23-24/h2-11,20H,12-13H2,1H3. The second-order valence-corrected chi connectivity index (χ2v) is 5.80. The van der Waals surface area contributed by atoms with E-state index in [4.69, 9.17) is 9.47 Å². The van der Waals surface area contributed by atoms with Gasteiger partial charge >= 0.3 is 12.6 Å². The van der Waals surface area contributed by atoms with Crippen molar-refractivity contribution >= 4 is 5.97 Å². The minimum atomic E-state index is -3.02. The predicted octanol–water partition coefficient (Wildman–Crippen LogP) is 3.90. The van der Waals surface area contributed by atoms with E-state index < -0.39 is 12.6 Å². The van der Waals surface area contributed by atoms with Crippen molar-refractivity contribution in [2.45, 2.75) is 19.8 Å². The van der Waals surface area contributed by atoms with Gasteiger partial charge in [0.2, 0.25) is 0 Å². The van der Waals surface area contributed by atoms with Crippen molar-refractivity contribution in [3.05, 3.63) is 77.6 Å². The number of hydrogen-bond acceptors (Lipinski definition) is 5. The molecule has 0 atom stereocenters. The van der Waals surface area contributed by atoms with E-state index in [0.717, 1.165) is 5.56 Å². The minimum Gasteiger partial charge on any atom is -0.493 e. The van der Waals surface area contributed by atoms with Crippen molar-refractivity contribution < 1.29 is 27.8 Å². The van der Waals surface area contributed by atoms with Crippen molar-refractivity contribution in [2.24, 2.45) is 0 Å². The molecule has 0 saturated heterocycles. The molecule has 0 unspecified atom stereocenters. The maximum atomic E-state index is 12.7. The van der Waals surface area contributed by atoms with Crippen molar-refractivity contribution in [2.75, 3.05) is 7.11 Å². The summed E-state index contributed by atoms with van der Waals surface area (Å²) in [4.78, 5) is 12.3. The number of hydrogen-bond donors (Lipinski definition) is 0. The van der Waals surface area contributed by atoms with Crippen molar-refractivity contribution in [1.82, 2.24) is 9.78 Å². The third kappa shape index (κ3) is 4.85. The summed E-state index contributed by atoms with van der Waals surface area (Å²) < 4.78 is 41.9. The van der Waals surface area contributed by atoms with Crippen LogP contribution >= 0.6 is 0 Å². The van der Waals surface area contributed by atoms with Gasteiger partial charge in [-0.25, -0.2) is 4.79 Å².